The highest BCUT2D eigenvalue weighted by molar-refractivity contribution is 4.88. The van der Waals surface area contributed by atoms with Crippen LogP contribution in [0.4, 0.5) is 0 Å². The van der Waals surface area contributed by atoms with Gasteiger partial charge < -0.3 is 24.9 Å². The van der Waals surface area contributed by atoms with Crippen LogP contribution in [0.3, 0.4) is 0 Å². The van der Waals surface area contributed by atoms with E-state index in [-0.39, 0.29) is 0 Å². The first-order valence-corrected chi connectivity index (χ1v) is 5.14. The Morgan fingerprint density at radius 1 is 1.44 bits per heavy atom. The number of hydrogen-bond acceptors (Lipinski definition) is 7. The summed E-state index contributed by atoms with van der Waals surface area (Å²) >= 11 is 0. The Morgan fingerprint density at radius 3 is 2.72 bits per heavy atom. The summed E-state index contributed by atoms with van der Waals surface area (Å²) in [5.74, 6) is 0. The van der Waals surface area contributed by atoms with Gasteiger partial charge in [-0.15, -0.1) is 4.73 Å². The molecule has 0 spiro atoms. The van der Waals surface area contributed by atoms with Gasteiger partial charge in [0.1, 0.15) is 12.2 Å². The number of aromatic nitrogens is 2. The number of rotatable bonds is 3. The van der Waals surface area contributed by atoms with E-state index in [4.69, 9.17) is 14.7 Å². The Labute approximate surface area is 99.8 Å². The Morgan fingerprint density at radius 2 is 2.17 bits per heavy atom. The molecule has 1 aromatic rings. The molecule has 1 fully saturated rings. The molecule has 0 bridgehead atoms. The largest absolute Gasteiger partial charge is 0.398 e. The van der Waals surface area contributed by atoms with Crippen LogP contribution >= 0.6 is 0 Å². The molecule has 4 N–H and O–H groups in total. The van der Waals surface area contributed by atoms with Crippen LogP contribution in [-0.2, 0) is 4.74 Å². The first-order valence-electron chi connectivity index (χ1n) is 5.14. The van der Waals surface area contributed by atoms with Gasteiger partial charge in [0.15, 0.2) is 6.29 Å². The van der Waals surface area contributed by atoms with Crippen LogP contribution in [0, 0.1) is 0 Å². The van der Waals surface area contributed by atoms with Gasteiger partial charge in [-0.3, -0.25) is 9.78 Å². The minimum Gasteiger partial charge on any atom is -0.398 e. The van der Waals surface area contributed by atoms with Crippen LogP contribution in [-0.4, -0.2) is 56.2 Å². The molecule has 1 aliphatic heterocycles. The average Bonchev–Trinajstić information content (AvgIpc) is 2.59. The highest BCUT2D eigenvalue weighted by Gasteiger charge is 2.45. The molecule has 1 saturated heterocycles. The number of aliphatic hydroxyl groups excluding tert-OH is 3. The lowest BCUT2D eigenvalue weighted by atomic mass is 10.1. The van der Waals surface area contributed by atoms with Crippen molar-refractivity contribution in [2.24, 2.45) is 0 Å². The lowest BCUT2D eigenvalue weighted by Gasteiger charge is -2.18. The summed E-state index contributed by atoms with van der Waals surface area (Å²) in [7, 11) is 0. The fourth-order valence-corrected chi connectivity index (χ4v) is 1.60. The smallest absolute Gasteiger partial charge is 0.361 e. The third kappa shape index (κ3) is 2.29. The summed E-state index contributed by atoms with van der Waals surface area (Å²) in [5, 5.41) is 28.0. The van der Waals surface area contributed by atoms with Crippen molar-refractivity contribution in [2.75, 3.05) is 6.61 Å². The highest BCUT2D eigenvalue weighted by Crippen LogP contribution is 2.20. The van der Waals surface area contributed by atoms with Gasteiger partial charge in [0, 0.05) is 6.07 Å². The number of hydrogen-bond donors (Lipinski definition) is 4. The maximum absolute atomic E-state index is 11.3. The van der Waals surface area contributed by atoms with Crippen molar-refractivity contribution in [3.63, 3.8) is 0 Å². The second kappa shape index (κ2) is 4.90. The van der Waals surface area contributed by atoms with E-state index in [0.29, 0.717) is 4.73 Å². The lowest BCUT2D eigenvalue weighted by Crippen LogP contribution is -2.46. The van der Waals surface area contributed by atoms with Crippen LogP contribution in [0.25, 0.3) is 0 Å². The van der Waals surface area contributed by atoms with E-state index in [0.717, 1.165) is 12.3 Å². The molecule has 100 valence electrons. The van der Waals surface area contributed by atoms with E-state index in [9.17, 15) is 19.8 Å². The first-order chi connectivity index (χ1) is 8.52. The predicted octanol–water partition coefficient (Wildman–Crippen LogP) is -3.60. The molecule has 4 atom stereocenters. The molecule has 9 nitrogen and oxygen atoms in total. The van der Waals surface area contributed by atoms with Crippen LogP contribution in [0.5, 0.6) is 0 Å². The first kappa shape index (κ1) is 12.8. The van der Waals surface area contributed by atoms with Crippen LogP contribution < -0.4 is 16.1 Å². The zero-order valence-electron chi connectivity index (χ0n) is 9.09. The maximum atomic E-state index is 11.3. The van der Waals surface area contributed by atoms with Crippen molar-refractivity contribution in [2.45, 2.75) is 24.6 Å². The SMILES string of the molecule is O=c1ccn(O[C@H]2[C@H](O)[C@@H](CO)O[C@H]2O)c(=O)[nH]1. The monoisotopic (exact) mass is 260 g/mol. The van der Waals surface area contributed by atoms with E-state index < -0.39 is 42.5 Å². The summed E-state index contributed by atoms with van der Waals surface area (Å²) < 4.78 is 5.47. The van der Waals surface area contributed by atoms with Gasteiger partial charge in [0.25, 0.3) is 5.56 Å². The van der Waals surface area contributed by atoms with Gasteiger partial charge in [-0.25, -0.2) is 4.79 Å². The van der Waals surface area contributed by atoms with Crippen molar-refractivity contribution in [1.29, 1.82) is 0 Å². The standard InChI is InChI=1S/C9H12N2O7/c12-3-4-6(14)7(8(15)17-4)18-11-2-1-5(13)10-9(11)16/h1-2,4,6-8,12,14-15H,3H2,(H,10,13,16)/t4-,6-,7+,8-/m1/s1. The van der Waals surface area contributed by atoms with E-state index in [1.165, 1.54) is 0 Å². The number of ether oxygens (including phenoxy) is 1. The molecule has 0 aliphatic carbocycles. The molecule has 2 rings (SSSR count). The average molecular weight is 260 g/mol. The fourth-order valence-electron chi connectivity index (χ4n) is 1.60. The molecule has 0 radical (unpaired) electrons. The molecule has 0 amide bonds. The third-order valence-electron chi connectivity index (χ3n) is 2.52. The fraction of sp³-hybridized carbons (Fsp3) is 0.556. The van der Waals surface area contributed by atoms with Crippen LogP contribution in [0.15, 0.2) is 21.9 Å². The van der Waals surface area contributed by atoms with E-state index >= 15 is 0 Å². The molecule has 0 unspecified atom stereocenters. The zero-order valence-corrected chi connectivity index (χ0v) is 9.09. The van der Waals surface area contributed by atoms with Crippen molar-refractivity contribution in [1.82, 2.24) is 9.71 Å². The number of H-pyrrole nitrogens is 1. The summed E-state index contributed by atoms with van der Waals surface area (Å²) in [6.07, 6.45) is -3.98. The van der Waals surface area contributed by atoms with Crippen molar-refractivity contribution < 1.29 is 24.9 Å². The van der Waals surface area contributed by atoms with Crippen molar-refractivity contribution >= 4 is 0 Å². The number of nitrogens with zero attached hydrogens (tertiary/aromatic N) is 1. The Hall–Kier alpha value is -1.68. The second-order valence-corrected chi connectivity index (χ2v) is 3.74. The summed E-state index contributed by atoms with van der Waals surface area (Å²) in [4.78, 5) is 29.1. The van der Waals surface area contributed by atoms with Crippen molar-refractivity contribution in [3.05, 3.63) is 33.1 Å². The molecule has 18 heavy (non-hydrogen) atoms. The molecular weight excluding hydrogens is 248 g/mol. The molecule has 9 heteroatoms. The minimum absolute atomic E-state index is 0.501. The van der Waals surface area contributed by atoms with Gasteiger partial charge in [-0.1, -0.05) is 0 Å². The predicted molar refractivity (Wildman–Crippen MR) is 55.7 cm³/mol. The van der Waals surface area contributed by atoms with E-state index in [1.54, 1.807) is 0 Å². The summed E-state index contributed by atoms with van der Waals surface area (Å²) in [6.45, 7) is -0.501. The van der Waals surface area contributed by atoms with Crippen molar-refractivity contribution in [3.8, 4) is 0 Å². The molecule has 2 heterocycles. The second-order valence-electron chi connectivity index (χ2n) is 3.74. The highest BCUT2D eigenvalue weighted by atomic mass is 16.7. The molecule has 0 aromatic carbocycles. The molecular formula is C9H12N2O7. The van der Waals surface area contributed by atoms with Gasteiger partial charge in [0.2, 0.25) is 6.10 Å². The summed E-state index contributed by atoms with van der Waals surface area (Å²) in [5.41, 5.74) is -1.45. The van der Waals surface area contributed by atoms with Gasteiger partial charge in [-0.05, 0) is 0 Å². The Bertz CT molecular complexity index is 524. The van der Waals surface area contributed by atoms with Gasteiger partial charge in [0.05, 0.1) is 12.8 Å². The van der Waals surface area contributed by atoms with E-state index in [2.05, 4.69) is 0 Å². The Balaban J connectivity index is 2.18. The topological polar surface area (TPSA) is 134 Å². The van der Waals surface area contributed by atoms with Crippen LogP contribution in [0.2, 0.25) is 0 Å². The van der Waals surface area contributed by atoms with Gasteiger partial charge in [-0.2, -0.15) is 0 Å². The Kier molecular flexibility index (Phi) is 3.48. The van der Waals surface area contributed by atoms with Gasteiger partial charge >= 0.3 is 5.69 Å². The summed E-state index contributed by atoms with van der Waals surface area (Å²) in [6, 6.07) is 1.04. The number of aromatic amines is 1. The quantitative estimate of drug-likeness (QED) is 0.441. The molecule has 0 saturated carbocycles. The third-order valence-corrected chi connectivity index (χ3v) is 2.52. The number of nitrogens with one attached hydrogen (secondary N) is 1. The minimum atomic E-state index is -1.49. The zero-order chi connectivity index (χ0) is 13.3. The van der Waals surface area contributed by atoms with Crippen LogP contribution in [0.1, 0.15) is 0 Å². The molecule has 1 aromatic heterocycles. The molecule has 1 aliphatic rings. The normalized spacial score (nSPS) is 31.5. The van der Waals surface area contributed by atoms with E-state index in [1.807, 2.05) is 4.98 Å². The lowest BCUT2D eigenvalue weighted by molar-refractivity contribution is -0.149. The number of aliphatic hydroxyl groups is 3. The maximum Gasteiger partial charge on any atom is 0.361 e.